The van der Waals surface area contributed by atoms with Gasteiger partial charge in [0.05, 0.1) is 20.6 Å². The molecule has 2 amide bonds. The zero-order valence-electron chi connectivity index (χ0n) is 24.9. The lowest BCUT2D eigenvalue weighted by Gasteiger charge is -2.34. The van der Waals surface area contributed by atoms with Gasteiger partial charge in [0.1, 0.15) is 12.6 Å². The fourth-order valence-corrected chi connectivity index (χ4v) is 6.88. The van der Waals surface area contributed by atoms with Crippen molar-refractivity contribution < 1.29 is 18.0 Å². The Morgan fingerprint density at radius 1 is 0.844 bits per heavy atom. The van der Waals surface area contributed by atoms with E-state index in [0.717, 1.165) is 19.9 Å². The lowest BCUT2D eigenvalue weighted by Crippen LogP contribution is -2.54. The van der Waals surface area contributed by atoms with Gasteiger partial charge in [-0.3, -0.25) is 13.9 Å². The average Bonchev–Trinajstić information content (AvgIpc) is 3.03. The van der Waals surface area contributed by atoms with Gasteiger partial charge in [-0.25, -0.2) is 8.42 Å². The first-order valence-electron chi connectivity index (χ1n) is 14.4. The molecule has 0 saturated heterocycles. The predicted octanol–water partition coefficient (Wildman–Crippen LogP) is 7.51. The molecule has 0 aliphatic heterocycles. The number of amides is 2. The number of rotatable bonds is 13. The number of benzene rings is 4. The highest BCUT2D eigenvalue weighted by Crippen LogP contribution is 2.31. The molecule has 7 nitrogen and oxygen atoms in total. The highest BCUT2D eigenvalue weighted by atomic mass is 79.9. The second-order valence-corrected chi connectivity index (χ2v) is 14.2. The van der Waals surface area contributed by atoms with Crippen molar-refractivity contribution in [2.45, 2.75) is 50.2 Å². The largest absolute Gasteiger partial charge is 0.352 e. The predicted molar refractivity (Wildman–Crippen MR) is 184 cm³/mol. The summed E-state index contributed by atoms with van der Waals surface area (Å²) in [6, 6.07) is 28.0. The van der Waals surface area contributed by atoms with Gasteiger partial charge in [-0.1, -0.05) is 107 Å². The first-order valence-corrected chi connectivity index (χ1v) is 17.4. The van der Waals surface area contributed by atoms with E-state index in [0.29, 0.717) is 6.42 Å². The smallest absolute Gasteiger partial charge is 0.264 e. The molecule has 0 aliphatic rings. The lowest BCUT2D eigenvalue weighted by atomic mass is 10.0. The van der Waals surface area contributed by atoms with E-state index in [9.17, 15) is 18.0 Å². The van der Waals surface area contributed by atoms with Gasteiger partial charge in [0, 0.05) is 23.5 Å². The minimum absolute atomic E-state index is 0.00207. The van der Waals surface area contributed by atoms with E-state index in [-0.39, 0.29) is 45.5 Å². The molecule has 0 aromatic heterocycles. The number of carbonyl (C=O) groups excluding carboxylic acids is 2. The zero-order chi connectivity index (χ0) is 32.6. The third-order valence-electron chi connectivity index (χ3n) is 7.32. The lowest BCUT2D eigenvalue weighted by molar-refractivity contribution is -0.140. The van der Waals surface area contributed by atoms with E-state index in [1.165, 1.54) is 35.2 Å². The number of anilines is 1. The molecule has 4 aromatic carbocycles. The first-order chi connectivity index (χ1) is 21.5. The number of halogens is 3. The fraction of sp³-hybridized carbons (Fsp3) is 0.235. The minimum atomic E-state index is -4.24. The van der Waals surface area contributed by atoms with Crippen LogP contribution in [-0.4, -0.2) is 43.8 Å². The van der Waals surface area contributed by atoms with E-state index >= 15 is 0 Å². The van der Waals surface area contributed by atoms with E-state index < -0.39 is 28.5 Å². The Labute approximate surface area is 283 Å². The molecule has 0 fully saturated rings. The van der Waals surface area contributed by atoms with Gasteiger partial charge < -0.3 is 10.2 Å². The van der Waals surface area contributed by atoms with Gasteiger partial charge in [-0.2, -0.15) is 0 Å². The Morgan fingerprint density at radius 2 is 1.49 bits per heavy atom. The maximum atomic E-state index is 14.5. The summed E-state index contributed by atoms with van der Waals surface area (Å²) in [5, 5.41) is 3.41. The summed E-state index contributed by atoms with van der Waals surface area (Å²) in [4.78, 5) is 29.9. The third kappa shape index (κ3) is 9.10. The number of sulfonamides is 1. The number of hydrogen-bond donors (Lipinski definition) is 1. The normalized spacial score (nSPS) is 12.6. The van der Waals surface area contributed by atoms with Crippen LogP contribution in [0.1, 0.15) is 31.4 Å². The Bertz CT molecular complexity index is 1730. The zero-order valence-corrected chi connectivity index (χ0v) is 28.8. The maximum absolute atomic E-state index is 14.5. The van der Waals surface area contributed by atoms with E-state index in [1.54, 1.807) is 18.2 Å². The highest BCUT2D eigenvalue weighted by Gasteiger charge is 2.35. The molecule has 236 valence electrons. The van der Waals surface area contributed by atoms with Crippen molar-refractivity contribution >= 4 is 66.7 Å². The van der Waals surface area contributed by atoms with Crippen molar-refractivity contribution in [1.29, 1.82) is 0 Å². The average molecular weight is 732 g/mol. The van der Waals surface area contributed by atoms with Gasteiger partial charge in [-0.05, 0) is 66.9 Å². The summed E-state index contributed by atoms with van der Waals surface area (Å²) in [6.07, 6.45) is 0.921. The summed E-state index contributed by atoms with van der Waals surface area (Å²) >= 11 is 16.0. The molecule has 0 aliphatic carbocycles. The van der Waals surface area contributed by atoms with Crippen molar-refractivity contribution in [2.75, 3.05) is 10.8 Å². The first kappa shape index (κ1) is 34.5. The van der Waals surface area contributed by atoms with Crippen molar-refractivity contribution in [3.05, 3.63) is 129 Å². The van der Waals surface area contributed by atoms with Crippen LogP contribution in [0.5, 0.6) is 0 Å². The van der Waals surface area contributed by atoms with Crippen molar-refractivity contribution in [3.63, 3.8) is 0 Å². The van der Waals surface area contributed by atoms with E-state index in [4.69, 9.17) is 23.2 Å². The van der Waals surface area contributed by atoms with Crippen LogP contribution in [0, 0.1) is 0 Å². The number of nitrogens with zero attached hydrogens (tertiary/aromatic N) is 2. The SMILES string of the molecule is CC[C@@H](C)NC(=O)[C@@H](Cc1ccccc1)N(Cc1cccc(Br)c1)C(=O)CN(c1ccc(Cl)c(Cl)c1)S(=O)(=O)c1ccccc1. The topological polar surface area (TPSA) is 86.8 Å². The van der Waals surface area contributed by atoms with Gasteiger partial charge in [0.25, 0.3) is 10.0 Å². The van der Waals surface area contributed by atoms with Crippen LogP contribution < -0.4 is 9.62 Å². The van der Waals surface area contributed by atoms with Crippen molar-refractivity contribution in [2.24, 2.45) is 0 Å². The molecule has 11 heteroatoms. The maximum Gasteiger partial charge on any atom is 0.264 e. The van der Waals surface area contributed by atoms with Crippen LogP contribution in [-0.2, 0) is 32.6 Å². The van der Waals surface area contributed by atoms with Gasteiger partial charge in [-0.15, -0.1) is 0 Å². The van der Waals surface area contributed by atoms with Crippen LogP contribution in [0.15, 0.2) is 112 Å². The molecule has 0 heterocycles. The molecular weight excluding hydrogens is 697 g/mol. The summed E-state index contributed by atoms with van der Waals surface area (Å²) in [7, 11) is -4.24. The minimum Gasteiger partial charge on any atom is -0.352 e. The molecule has 1 N–H and O–H groups in total. The molecule has 0 bridgehead atoms. The second-order valence-electron chi connectivity index (χ2n) is 10.6. The van der Waals surface area contributed by atoms with Crippen molar-refractivity contribution in [1.82, 2.24) is 10.2 Å². The Balaban J connectivity index is 1.82. The molecule has 4 rings (SSSR count). The molecule has 0 radical (unpaired) electrons. The summed E-state index contributed by atoms with van der Waals surface area (Å²) < 4.78 is 29.9. The molecule has 0 saturated carbocycles. The van der Waals surface area contributed by atoms with E-state index in [2.05, 4.69) is 21.2 Å². The van der Waals surface area contributed by atoms with E-state index in [1.807, 2.05) is 68.4 Å². The molecule has 0 spiro atoms. The summed E-state index contributed by atoms with van der Waals surface area (Å²) in [5.41, 5.74) is 1.78. The quantitative estimate of drug-likeness (QED) is 0.154. The van der Waals surface area contributed by atoms with Gasteiger partial charge in [0.2, 0.25) is 11.8 Å². The number of carbonyl (C=O) groups is 2. The standard InChI is InChI=1S/C34H34BrCl2N3O4S/c1-3-24(2)38-34(42)32(20-25-11-6-4-7-12-25)39(22-26-13-10-14-27(35)19-26)33(41)23-40(28-17-18-30(36)31(37)21-28)45(43,44)29-15-8-5-9-16-29/h4-19,21,24,32H,3,20,22-23H2,1-2H3,(H,38,42)/t24-,32-/m1/s1. The Morgan fingerprint density at radius 3 is 2.11 bits per heavy atom. The van der Waals surface area contributed by atoms with Crippen LogP contribution in [0.2, 0.25) is 10.0 Å². The van der Waals surface area contributed by atoms with Crippen molar-refractivity contribution in [3.8, 4) is 0 Å². The van der Waals surface area contributed by atoms with Crippen LogP contribution in [0.25, 0.3) is 0 Å². The molecule has 0 unspecified atom stereocenters. The van der Waals surface area contributed by atoms with Gasteiger partial charge in [0.15, 0.2) is 0 Å². The molecular formula is C34H34BrCl2N3O4S. The highest BCUT2D eigenvalue weighted by molar-refractivity contribution is 9.10. The van der Waals surface area contributed by atoms with Crippen LogP contribution >= 0.6 is 39.1 Å². The molecule has 2 atom stereocenters. The molecule has 4 aromatic rings. The van der Waals surface area contributed by atoms with Crippen LogP contribution in [0.3, 0.4) is 0 Å². The second kappa shape index (κ2) is 15.8. The monoisotopic (exact) mass is 729 g/mol. The number of hydrogen-bond acceptors (Lipinski definition) is 4. The fourth-order valence-electron chi connectivity index (χ4n) is 4.72. The molecule has 45 heavy (non-hydrogen) atoms. The third-order valence-corrected chi connectivity index (χ3v) is 10.3. The van der Waals surface area contributed by atoms with Crippen LogP contribution in [0.4, 0.5) is 5.69 Å². The summed E-state index contributed by atoms with van der Waals surface area (Å²) in [5.74, 6) is -0.899. The summed E-state index contributed by atoms with van der Waals surface area (Å²) in [6.45, 7) is 3.33. The Kier molecular flexibility index (Phi) is 12.1. The Hall–Kier alpha value is -3.37. The van der Waals surface area contributed by atoms with Gasteiger partial charge >= 0.3 is 0 Å². The number of nitrogens with one attached hydrogen (secondary N) is 1.